The van der Waals surface area contributed by atoms with Gasteiger partial charge in [0, 0.05) is 36.9 Å². The summed E-state index contributed by atoms with van der Waals surface area (Å²) in [6.45, 7) is 3.78. The van der Waals surface area contributed by atoms with Crippen molar-refractivity contribution in [3.05, 3.63) is 54.0 Å². The molecule has 4 heterocycles. The van der Waals surface area contributed by atoms with E-state index in [0.29, 0.717) is 29.0 Å². The summed E-state index contributed by atoms with van der Waals surface area (Å²) in [6.07, 6.45) is 4.88. The fourth-order valence-electron chi connectivity index (χ4n) is 5.42. The Bertz CT molecular complexity index is 1360. The highest BCUT2D eigenvalue weighted by Crippen LogP contribution is 2.37. The van der Waals surface area contributed by atoms with Gasteiger partial charge in [0.2, 0.25) is 0 Å². The minimum Gasteiger partial charge on any atom is -0.467 e. The predicted octanol–water partition coefficient (Wildman–Crippen LogP) is 4.50. The van der Waals surface area contributed by atoms with E-state index >= 15 is 4.39 Å². The van der Waals surface area contributed by atoms with Crippen molar-refractivity contribution < 1.29 is 9.13 Å². The van der Waals surface area contributed by atoms with Crippen LogP contribution in [0, 0.1) is 5.82 Å². The van der Waals surface area contributed by atoms with E-state index < -0.39 is 5.82 Å². The summed E-state index contributed by atoms with van der Waals surface area (Å²) in [5.41, 5.74) is 2.50. The van der Waals surface area contributed by atoms with Crippen LogP contribution >= 0.6 is 0 Å². The van der Waals surface area contributed by atoms with Gasteiger partial charge >= 0.3 is 6.01 Å². The van der Waals surface area contributed by atoms with E-state index in [4.69, 9.17) is 4.74 Å². The number of aryl methyl sites for hydroxylation is 1. The van der Waals surface area contributed by atoms with E-state index in [-0.39, 0.29) is 11.5 Å². The van der Waals surface area contributed by atoms with Crippen LogP contribution in [0.25, 0.3) is 32.9 Å². The number of pyridine rings is 1. The number of hydrogen-bond donors (Lipinski definition) is 1. The molecule has 6 nitrogen and oxygen atoms in total. The molecule has 2 atom stereocenters. The summed E-state index contributed by atoms with van der Waals surface area (Å²) in [7, 11) is 1.52. The second-order valence-electron chi connectivity index (χ2n) is 8.93. The number of piperazine rings is 1. The van der Waals surface area contributed by atoms with Gasteiger partial charge in [0.25, 0.3) is 0 Å². The van der Waals surface area contributed by atoms with E-state index in [1.165, 1.54) is 12.7 Å². The van der Waals surface area contributed by atoms with E-state index in [1.54, 1.807) is 6.20 Å². The second-order valence-corrected chi connectivity index (χ2v) is 8.93. The fourth-order valence-corrected chi connectivity index (χ4v) is 5.42. The molecule has 2 aliphatic rings. The van der Waals surface area contributed by atoms with Crippen molar-refractivity contribution >= 4 is 27.5 Å². The van der Waals surface area contributed by atoms with E-state index in [2.05, 4.69) is 50.3 Å². The van der Waals surface area contributed by atoms with Crippen LogP contribution < -0.4 is 15.0 Å². The number of rotatable bonds is 4. The van der Waals surface area contributed by atoms with Gasteiger partial charge in [0.1, 0.15) is 17.0 Å². The Balaban J connectivity index is 1.56. The van der Waals surface area contributed by atoms with Gasteiger partial charge in [-0.05, 0) is 35.6 Å². The third-order valence-electron chi connectivity index (χ3n) is 6.97. The van der Waals surface area contributed by atoms with Crippen LogP contribution in [0.3, 0.4) is 0 Å². The average Bonchev–Trinajstić information content (AvgIpc) is 3.20. The Kier molecular flexibility index (Phi) is 4.87. The zero-order chi connectivity index (χ0) is 22.5. The molecule has 2 aromatic heterocycles. The lowest BCUT2D eigenvalue weighted by atomic mass is 9.95. The molecule has 4 aromatic rings. The van der Waals surface area contributed by atoms with Crippen LogP contribution in [0.5, 0.6) is 6.01 Å². The first-order valence-electron chi connectivity index (χ1n) is 11.6. The topological polar surface area (TPSA) is 63.2 Å². The fraction of sp³-hybridized carbons (Fsp3) is 0.346. The van der Waals surface area contributed by atoms with E-state index in [0.717, 1.165) is 48.7 Å². The summed E-state index contributed by atoms with van der Waals surface area (Å²) in [6, 6.07) is 13.2. The van der Waals surface area contributed by atoms with Crippen molar-refractivity contribution in [3.8, 4) is 17.3 Å². The summed E-state index contributed by atoms with van der Waals surface area (Å²) < 4.78 is 21.5. The quantitative estimate of drug-likeness (QED) is 0.501. The maximum atomic E-state index is 16.1. The molecule has 33 heavy (non-hydrogen) atoms. The standard InChI is InChI=1S/C26H26FN5O/c1-3-15-6-4-7-16-8-5-9-19(21(15)16)23-22(27)24-20(12-28-23)25(31-26(30-24)33-2)32-13-17-10-11-18(14-32)29-17/h4-9,12,17-18,29H,3,10-11,13-14H2,1-2H3. The number of anilines is 1. The molecule has 7 heteroatoms. The Hall–Kier alpha value is -3.32. The van der Waals surface area contributed by atoms with Gasteiger partial charge in [0.15, 0.2) is 5.82 Å². The number of ether oxygens (including phenoxy) is 1. The molecule has 2 saturated heterocycles. The molecule has 168 valence electrons. The van der Waals surface area contributed by atoms with Crippen molar-refractivity contribution in [3.63, 3.8) is 0 Å². The number of methoxy groups -OCH3 is 1. The number of fused-ring (bicyclic) bond motifs is 4. The van der Waals surface area contributed by atoms with Crippen molar-refractivity contribution in [2.45, 2.75) is 38.3 Å². The van der Waals surface area contributed by atoms with Gasteiger partial charge in [0.05, 0.1) is 12.5 Å². The molecular weight excluding hydrogens is 417 g/mol. The first-order chi connectivity index (χ1) is 16.2. The van der Waals surface area contributed by atoms with Gasteiger partial charge in [-0.3, -0.25) is 4.98 Å². The highest BCUT2D eigenvalue weighted by Gasteiger charge is 2.34. The molecule has 2 bridgehead atoms. The summed E-state index contributed by atoms with van der Waals surface area (Å²) in [5.74, 6) is 0.256. The Morgan fingerprint density at radius 1 is 1.09 bits per heavy atom. The van der Waals surface area contributed by atoms with Crippen LogP contribution in [-0.4, -0.2) is 47.2 Å². The maximum Gasteiger partial charge on any atom is 0.318 e. The Labute approximate surface area is 191 Å². The predicted molar refractivity (Wildman–Crippen MR) is 128 cm³/mol. The van der Waals surface area contributed by atoms with Crippen LogP contribution in [0.2, 0.25) is 0 Å². The molecule has 1 N–H and O–H groups in total. The maximum absolute atomic E-state index is 16.1. The lowest BCUT2D eigenvalue weighted by Gasteiger charge is -2.34. The van der Waals surface area contributed by atoms with Crippen LogP contribution in [0.4, 0.5) is 10.2 Å². The zero-order valence-corrected chi connectivity index (χ0v) is 18.8. The van der Waals surface area contributed by atoms with Crippen LogP contribution in [0.1, 0.15) is 25.3 Å². The zero-order valence-electron chi connectivity index (χ0n) is 18.8. The Morgan fingerprint density at radius 2 is 1.85 bits per heavy atom. The highest BCUT2D eigenvalue weighted by molar-refractivity contribution is 6.00. The summed E-state index contributed by atoms with van der Waals surface area (Å²) in [4.78, 5) is 15.9. The van der Waals surface area contributed by atoms with Gasteiger partial charge in [-0.2, -0.15) is 9.97 Å². The molecule has 2 fully saturated rings. The SMILES string of the molecule is CCc1cccc2cccc(-c3ncc4c(N5CC6CCC(C5)N6)nc(OC)nc4c3F)c12. The van der Waals surface area contributed by atoms with Gasteiger partial charge in [-0.15, -0.1) is 0 Å². The number of benzene rings is 2. The smallest absolute Gasteiger partial charge is 0.318 e. The third kappa shape index (κ3) is 3.30. The second kappa shape index (κ2) is 7.92. The van der Waals surface area contributed by atoms with Gasteiger partial charge in [-0.1, -0.05) is 43.3 Å². The third-order valence-corrected chi connectivity index (χ3v) is 6.97. The van der Waals surface area contributed by atoms with Gasteiger partial charge in [-0.25, -0.2) is 4.39 Å². The molecule has 6 rings (SSSR count). The van der Waals surface area contributed by atoms with Crippen LogP contribution in [-0.2, 0) is 6.42 Å². The molecule has 0 spiro atoms. The minimum absolute atomic E-state index is 0.173. The van der Waals surface area contributed by atoms with Crippen molar-refractivity contribution in [2.24, 2.45) is 0 Å². The number of nitrogens with one attached hydrogen (secondary N) is 1. The monoisotopic (exact) mass is 443 g/mol. The van der Waals surface area contributed by atoms with E-state index in [9.17, 15) is 0 Å². The molecule has 0 radical (unpaired) electrons. The Morgan fingerprint density at radius 3 is 2.58 bits per heavy atom. The van der Waals surface area contributed by atoms with E-state index in [1.807, 2.05) is 18.2 Å². The number of hydrogen-bond acceptors (Lipinski definition) is 6. The number of aromatic nitrogens is 3. The largest absolute Gasteiger partial charge is 0.467 e. The molecule has 2 aliphatic heterocycles. The lowest BCUT2D eigenvalue weighted by molar-refractivity contribution is 0.380. The van der Waals surface area contributed by atoms with Crippen molar-refractivity contribution in [1.82, 2.24) is 20.3 Å². The molecule has 2 aromatic carbocycles. The highest BCUT2D eigenvalue weighted by atomic mass is 19.1. The van der Waals surface area contributed by atoms with Gasteiger partial charge < -0.3 is 15.0 Å². The average molecular weight is 444 g/mol. The van der Waals surface area contributed by atoms with Crippen molar-refractivity contribution in [1.29, 1.82) is 0 Å². The normalized spacial score (nSPS) is 20.0. The summed E-state index contributed by atoms with van der Waals surface area (Å²) >= 11 is 0. The number of halogens is 1. The minimum atomic E-state index is -0.439. The first-order valence-corrected chi connectivity index (χ1v) is 11.6. The molecular formula is C26H26FN5O. The van der Waals surface area contributed by atoms with Crippen molar-refractivity contribution in [2.75, 3.05) is 25.1 Å². The molecule has 2 unspecified atom stereocenters. The summed E-state index contributed by atoms with van der Waals surface area (Å²) in [5, 5.41) is 6.36. The molecule has 0 aliphatic carbocycles. The lowest BCUT2D eigenvalue weighted by Crippen LogP contribution is -2.51. The van der Waals surface area contributed by atoms with Crippen LogP contribution in [0.15, 0.2) is 42.6 Å². The molecule has 0 amide bonds. The molecule has 0 saturated carbocycles. The first kappa shape index (κ1) is 20.3. The number of nitrogens with zero attached hydrogens (tertiary/aromatic N) is 4.